The van der Waals surface area contributed by atoms with E-state index in [9.17, 15) is 18.0 Å². The SMILES string of the molecule is O=C(C=Cc1ccc(Cl)c(C(F)(F)F)c1)NCC1(N2CCCCC2)CCOCC1. The van der Waals surface area contributed by atoms with Gasteiger partial charge in [-0.25, -0.2) is 0 Å². The molecule has 0 atom stereocenters. The van der Waals surface area contributed by atoms with Crippen LogP contribution in [-0.4, -0.2) is 49.2 Å². The highest BCUT2D eigenvalue weighted by molar-refractivity contribution is 6.31. The maximum atomic E-state index is 13.0. The van der Waals surface area contributed by atoms with Crippen LogP contribution in [-0.2, 0) is 15.7 Å². The highest BCUT2D eigenvalue weighted by Gasteiger charge is 2.39. The number of amides is 1. The minimum Gasteiger partial charge on any atom is -0.381 e. The summed E-state index contributed by atoms with van der Waals surface area (Å²) in [6.07, 6.45) is 3.40. The van der Waals surface area contributed by atoms with Gasteiger partial charge in [0, 0.05) is 31.4 Å². The summed E-state index contributed by atoms with van der Waals surface area (Å²) < 4.78 is 44.4. The van der Waals surface area contributed by atoms with E-state index in [1.54, 1.807) is 0 Å². The Morgan fingerprint density at radius 1 is 1.21 bits per heavy atom. The maximum absolute atomic E-state index is 13.0. The van der Waals surface area contributed by atoms with Gasteiger partial charge in [-0.3, -0.25) is 9.69 Å². The molecule has 0 aliphatic carbocycles. The molecule has 1 N–H and O–H groups in total. The summed E-state index contributed by atoms with van der Waals surface area (Å²) in [5.41, 5.74) is -0.743. The molecule has 4 nitrogen and oxygen atoms in total. The van der Waals surface area contributed by atoms with Crippen LogP contribution in [0.15, 0.2) is 24.3 Å². The van der Waals surface area contributed by atoms with E-state index in [1.807, 2.05) is 0 Å². The van der Waals surface area contributed by atoms with Gasteiger partial charge in [-0.2, -0.15) is 13.2 Å². The van der Waals surface area contributed by atoms with Crippen LogP contribution in [0.1, 0.15) is 43.2 Å². The third-order valence-corrected chi connectivity index (χ3v) is 6.09. The van der Waals surface area contributed by atoms with Crippen LogP contribution in [0.4, 0.5) is 13.2 Å². The molecule has 0 unspecified atom stereocenters. The van der Waals surface area contributed by atoms with Crippen molar-refractivity contribution < 1.29 is 22.7 Å². The van der Waals surface area contributed by atoms with Crippen molar-refractivity contribution in [1.82, 2.24) is 10.2 Å². The molecule has 29 heavy (non-hydrogen) atoms. The molecular weight excluding hydrogens is 405 g/mol. The van der Waals surface area contributed by atoms with Gasteiger partial charge < -0.3 is 10.1 Å². The third-order valence-electron chi connectivity index (χ3n) is 5.77. The Balaban J connectivity index is 1.63. The van der Waals surface area contributed by atoms with Crippen molar-refractivity contribution in [3.8, 4) is 0 Å². The largest absolute Gasteiger partial charge is 0.417 e. The molecule has 1 aromatic carbocycles. The molecule has 2 aliphatic rings. The minimum absolute atomic E-state index is 0.105. The molecule has 2 saturated heterocycles. The smallest absolute Gasteiger partial charge is 0.381 e. The van der Waals surface area contributed by atoms with Gasteiger partial charge in [-0.05, 0) is 62.5 Å². The lowest BCUT2D eigenvalue weighted by molar-refractivity contribution is -0.137. The van der Waals surface area contributed by atoms with Crippen molar-refractivity contribution in [2.24, 2.45) is 0 Å². The van der Waals surface area contributed by atoms with Gasteiger partial charge in [0.15, 0.2) is 0 Å². The number of carbonyl (C=O) groups is 1. The lowest BCUT2D eigenvalue weighted by Crippen LogP contribution is -2.59. The van der Waals surface area contributed by atoms with Crippen molar-refractivity contribution >= 4 is 23.6 Å². The number of piperidine rings is 1. The van der Waals surface area contributed by atoms with Gasteiger partial charge in [0.2, 0.25) is 5.91 Å². The Labute approximate surface area is 174 Å². The molecule has 0 radical (unpaired) electrons. The fraction of sp³-hybridized carbons (Fsp3) is 0.571. The first kappa shape index (κ1) is 22.1. The molecule has 2 fully saturated rings. The zero-order chi connectivity index (χ0) is 20.9. The van der Waals surface area contributed by atoms with E-state index in [0.29, 0.717) is 19.8 Å². The third kappa shape index (κ3) is 5.74. The molecule has 0 saturated carbocycles. The second-order valence-electron chi connectivity index (χ2n) is 7.67. The van der Waals surface area contributed by atoms with E-state index < -0.39 is 11.7 Å². The molecule has 1 amide bonds. The summed E-state index contributed by atoms with van der Waals surface area (Å²) in [5, 5.41) is 2.59. The van der Waals surface area contributed by atoms with Gasteiger partial charge in [0.25, 0.3) is 0 Å². The van der Waals surface area contributed by atoms with Crippen LogP contribution in [0.2, 0.25) is 5.02 Å². The Morgan fingerprint density at radius 2 is 1.90 bits per heavy atom. The number of likely N-dealkylation sites (tertiary alicyclic amines) is 1. The van der Waals surface area contributed by atoms with Gasteiger partial charge >= 0.3 is 6.18 Å². The van der Waals surface area contributed by atoms with Gasteiger partial charge in [-0.1, -0.05) is 24.1 Å². The van der Waals surface area contributed by atoms with Crippen LogP contribution >= 0.6 is 11.6 Å². The first-order chi connectivity index (χ1) is 13.8. The summed E-state index contributed by atoms with van der Waals surface area (Å²) in [4.78, 5) is 14.8. The van der Waals surface area contributed by atoms with Gasteiger partial charge in [0.05, 0.1) is 10.6 Å². The summed E-state index contributed by atoms with van der Waals surface area (Å²) in [6.45, 7) is 3.90. The molecule has 8 heteroatoms. The lowest BCUT2D eigenvalue weighted by Gasteiger charge is -2.48. The first-order valence-corrected chi connectivity index (χ1v) is 10.3. The fourth-order valence-corrected chi connectivity index (χ4v) is 4.30. The highest BCUT2D eigenvalue weighted by Crippen LogP contribution is 2.35. The Hall–Kier alpha value is -1.57. The van der Waals surface area contributed by atoms with Crippen molar-refractivity contribution in [3.63, 3.8) is 0 Å². The van der Waals surface area contributed by atoms with Gasteiger partial charge in [0.1, 0.15) is 0 Å². The van der Waals surface area contributed by atoms with Crippen LogP contribution in [0.25, 0.3) is 6.08 Å². The molecule has 2 heterocycles. The Bertz CT molecular complexity index is 740. The number of alkyl halides is 3. The minimum atomic E-state index is -4.53. The van der Waals surface area contributed by atoms with Crippen molar-refractivity contribution in [3.05, 3.63) is 40.4 Å². The molecule has 3 rings (SSSR count). The van der Waals surface area contributed by atoms with E-state index in [0.717, 1.165) is 44.8 Å². The Morgan fingerprint density at radius 3 is 2.55 bits per heavy atom. The average molecular weight is 431 g/mol. The fourth-order valence-electron chi connectivity index (χ4n) is 4.07. The van der Waals surface area contributed by atoms with Crippen LogP contribution in [0.3, 0.4) is 0 Å². The molecule has 0 bridgehead atoms. The van der Waals surface area contributed by atoms with Crippen LogP contribution < -0.4 is 5.32 Å². The number of halogens is 4. The van der Waals surface area contributed by atoms with E-state index >= 15 is 0 Å². The predicted octanol–water partition coefficient (Wildman–Crippen LogP) is 4.52. The number of benzene rings is 1. The number of nitrogens with zero attached hydrogens (tertiary/aromatic N) is 1. The van der Waals surface area contributed by atoms with E-state index in [4.69, 9.17) is 16.3 Å². The number of carbonyl (C=O) groups excluding carboxylic acids is 1. The zero-order valence-corrected chi connectivity index (χ0v) is 17.0. The topological polar surface area (TPSA) is 41.6 Å². The van der Waals surface area contributed by atoms with Crippen molar-refractivity contribution in [1.29, 1.82) is 0 Å². The lowest BCUT2D eigenvalue weighted by atomic mass is 9.86. The molecular formula is C21H26ClF3N2O2. The number of hydrogen-bond donors (Lipinski definition) is 1. The molecule has 0 spiro atoms. The first-order valence-electron chi connectivity index (χ1n) is 9.96. The van der Waals surface area contributed by atoms with E-state index in [-0.39, 0.29) is 22.0 Å². The Kier molecular flexibility index (Phi) is 7.24. The van der Waals surface area contributed by atoms with Crippen LogP contribution in [0.5, 0.6) is 0 Å². The summed E-state index contributed by atoms with van der Waals surface area (Å²) in [5.74, 6) is -0.323. The number of hydrogen-bond acceptors (Lipinski definition) is 3. The molecule has 160 valence electrons. The molecule has 1 aromatic rings. The van der Waals surface area contributed by atoms with Gasteiger partial charge in [-0.15, -0.1) is 0 Å². The summed E-state index contributed by atoms with van der Waals surface area (Å²) in [7, 11) is 0. The number of nitrogens with one attached hydrogen (secondary N) is 1. The van der Waals surface area contributed by atoms with E-state index in [1.165, 1.54) is 30.7 Å². The quantitative estimate of drug-likeness (QED) is 0.698. The van der Waals surface area contributed by atoms with Crippen molar-refractivity contribution in [2.75, 3.05) is 32.8 Å². The average Bonchev–Trinajstić information content (AvgIpc) is 2.72. The maximum Gasteiger partial charge on any atom is 0.417 e. The summed E-state index contributed by atoms with van der Waals surface area (Å²) in [6, 6.07) is 3.59. The second kappa shape index (κ2) is 9.49. The standard InChI is InChI=1S/C21H26ClF3N2O2/c22-18-6-4-16(14-17(18)21(23,24)25)5-7-19(28)26-15-20(8-12-29-13-9-20)27-10-2-1-3-11-27/h4-7,14H,1-3,8-13,15H2,(H,26,28). The van der Waals surface area contributed by atoms with Crippen LogP contribution in [0, 0.1) is 0 Å². The number of ether oxygens (including phenoxy) is 1. The molecule has 0 aromatic heterocycles. The zero-order valence-electron chi connectivity index (χ0n) is 16.2. The highest BCUT2D eigenvalue weighted by atomic mass is 35.5. The monoisotopic (exact) mass is 430 g/mol. The second-order valence-corrected chi connectivity index (χ2v) is 8.08. The van der Waals surface area contributed by atoms with Crippen molar-refractivity contribution in [2.45, 2.75) is 43.8 Å². The predicted molar refractivity (Wildman–Crippen MR) is 107 cm³/mol. The van der Waals surface area contributed by atoms with E-state index in [2.05, 4.69) is 10.2 Å². The summed E-state index contributed by atoms with van der Waals surface area (Å²) >= 11 is 5.63. The molecule has 2 aliphatic heterocycles. The number of rotatable bonds is 5. The normalized spacial score (nSPS) is 20.7.